The van der Waals surface area contributed by atoms with E-state index < -0.39 is 11.6 Å². The van der Waals surface area contributed by atoms with Gasteiger partial charge in [0.25, 0.3) is 0 Å². The number of hydrogen-bond acceptors (Lipinski definition) is 4. The van der Waals surface area contributed by atoms with E-state index >= 15 is 0 Å². The smallest absolute Gasteiger partial charge is 0.365 e. The molecule has 0 bridgehead atoms. The number of rotatable bonds is 1. The van der Waals surface area contributed by atoms with Crippen LogP contribution in [0.25, 0.3) is 11.3 Å². The van der Waals surface area contributed by atoms with Crippen LogP contribution in [-0.4, -0.2) is 22.7 Å². The number of benzene rings is 1. The molecule has 0 spiro atoms. The van der Waals surface area contributed by atoms with Crippen molar-refractivity contribution in [2.45, 2.75) is 12.6 Å². The molecule has 1 unspecified atom stereocenters. The first-order chi connectivity index (χ1) is 9.38. The van der Waals surface area contributed by atoms with Gasteiger partial charge >= 0.3 is 5.97 Å². The molecule has 1 N–H and O–H groups in total. The molecule has 1 aliphatic heterocycles. The van der Waals surface area contributed by atoms with Crippen LogP contribution in [0.4, 0.5) is 4.39 Å². The van der Waals surface area contributed by atoms with E-state index in [2.05, 4.69) is 20.9 Å². The summed E-state index contributed by atoms with van der Waals surface area (Å²) in [6, 6.07) is 5.25. The van der Waals surface area contributed by atoms with Crippen molar-refractivity contribution in [1.29, 1.82) is 0 Å². The number of ether oxygens (including phenoxy) is 1. The van der Waals surface area contributed by atoms with E-state index in [1.165, 1.54) is 6.92 Å². The van der Waals surface area contributed by atoms with Gasteiger partial charge in [-0.2, -0.15) is 0 Å². The molecular formula is C13H9BrFNO3S. The van der Waals surface area contributed by atoms with Crippen molar-refractivity contribution in [3.63, 3.8) is 0 Å². The Labute approximate surface area is 126 Å². The maximum absolute atomic E-state index is 14.7. The van der Waals surface area contributed by atoms with Gasteiger partial charge in [-0.25, -0.2) is 14.2 Å². The third-order valence-electron chi connectivity index (χ3n) is 2.98. The van der Waals surface area contributed by atoms with Gasteiger partial charge in [0.15, 0.2) is 5.67 Å². The standard InChI is InChI=1S/C13H9BrFNO3S/c1-13(15)5-19-8-3-2-6(14)4-7(8)9-10(13)20-11(16-9)12(17)18/h2-4H,5H2,1H3,(H,17,18). The minimum atomic E-state index is -1.77. The molecule has 20 heavy (non-hydrogen) atoms. The number of alkyl halides is 1. The largest absolute Gasteiger partial charge is 0.489 e. The van der Waals surface area contributed by atoms with Crippen LogP contribution >= 0.6 is 27.3 Å². The van der Waals surface area contributed by atoms with Gasteiger partial charge < -0.3 is 9.84 Å². The molecule has 0 aliphatic carbocycles. The van der Waals surface area contributed by atoms with Crippen molar-refractivity contribution < 1.29 is 19.0 Å². The van der Waals surface area contributed by atoms with Gasteiger partial charge in [0, 0.05) is 10.0 Å². The van der Waals surface area contributed by atoms with Crippen molar-refractivity contribution in [3.8, 4) is 17.0 Å². The summed E-state index contributed by atoms with van der Waals surface area (Å²) < 4.78 is 21.0. The second-order valence-corrected chi connectivity index (χ2v) is 6.54. The zero-order valence-electron chi connectivity index (χ0n) is 10.3. The Morgan fingerprint density at radius 1 is 1.60 bits per heavy atom. The fraction of sp³-hybridized carbons (Fsp3) is 0.231. The first-order valence-electron chi connectivity index (χ1n) is 5.75. The molecule has 0 amide bonds. The topological polar surface area (TPSA) is 59.4 Å². The van der Waals surface area contributed by atoms with Crippen LogP contribution in [0, 0.1) is 0 Å². The molecule has 4 nitrogen and oxygen atoms in total. The number of carboxylic acids is 1. The second kappa shape index (κ2) is 4.53. The number of carboxylic acid groups (broad SMARTS) is 1. The van der Waals surface area contributed by atoms with Crippen molar-refractivity contribution in [2.24, 2.45) is 0 Å². The van der Waals surface area contributed by atoms with Crippen molar-refractivity contribution in [3.05, 3.63) is 32.6 Å². The Morgan fingerprint density at radius 2 is 2.35 bits per heavy atom. The van der Waals surface area contributed by atoms with Gasteiger partial charge in [0.1, 0.15) is 12.4 Å². The molecule has 1 atom stereocenters. The van der Waals surface area contributed by atoms with Crippen molar-refractivity contribution in [2.75, 3.05) is 6.61 Å². The van der Waals surface area contributed by atoms with Gasteiger partial charge in [0.05, 0.1) is 10.6 Å². The lowest BCUT2D eigenvalue weighted by Crippen LogP contribution is -2.22. The third-order valence-corrected chi connectivity index (χ3v) is 4.75. The maximum Gasteiger partial charge on any atom is 0.365 e. The van der Waals surface area contributed by atoms with Crippen molar-refractivity contribution >= 4 is 33.2 Å². The van der Waals surface area contributed by atoms with Crippen LogP contribution in [0.1, 0.15) is 21.6 Å². The van der Waals surface area contributed by atoms with Crippen LogP contribution in [0.2, 0.25) is 0 Å². The van der Waals surface area contributed by atoms with Gasteiger partial charge in [-0.3, -0.25) is 0 Å². The monoisotopic (exact) mass is 357 g/mol. The number of aromatic carboxylic acids is 1. The molecular weight excluding hydrogens is 349 g/mol. The summed E-state index contributed by atoms with van der Waals surface area (Å²) in [5, 5.41) is 8.94. The zero-order chi connectivity index (χ0) is 14.5. The molecule has 2 aromatic rings. The summed E-state index contributed by atoms with van der Waals surface area (Å²) in [7, 11) is 0. The molecule has 3 rings (SSSR count). The van der Waals surface area contributed by atoms with Crippen LogP contribution in [0.3, 0.4) is 0 Å². The number of fused-ring (bicyclic) bond motifs is 3. The predicted octanol–water partition coefficient (Wildman–Crippen LogP) is 3.85. The minimum absolute atomic E-state index is 0.119. The number of thiazole rings is 1. The first-order valence-corrected chi connectivity index (χ1v) is 7.36. The number of nitrogens with zero attached hydrogens (tertiary/aromatic N) is 1. The Hall–Kier alpha value is -1.47. The molecule has 1 aliphatic rings. The molecule has 0 fully saturated rings. The fourth-order valence-electron chi connectivity index (χ4n) is 2.04. The third kappa shape index (κ3) is 2.10. The summed E-state index contributed by atoms with van der Waals surface area (Å²) in [4.78, 5) is 15.4. The highest BCUT2D eigenvalue weighted by Gasteiger charge is 2.38. The highest BCUT2D eigenvalue weighted by atomic mass is 79.9. The predicted molar refractivity (Wildman–Crippen MR) is 76.2 cm³/mol. The number of halogens is 2. The molecule has 1 aromatic heterocycles. The Balaban J connectivity index is 2.30. The molecule has 2 heterocycles. The minimum Gasteiger partial charge on any atom is -0.489 e. The quantitative estimate of drug-likeness (QED) is 0.841. The number of aromatic nitrogens is 1. The van der Waals surface area contributed by atoms with E-state index in [1.54, 1.807) is 18.2 Å². The van der Waals surface area contributed by atoms with Gasteiger partial charge in [0.2, 0.25) is 5.01 Å². The number of carbonyl (C=O) groups is 1. The van der Waals surface area contributed by atoms with Crippen LogP contribution in [0.5, 0.6) is 5.75 Å². The van der Waals surface area contributed by atoms with Gasteiger partial charge in [-0.1, -0.05) is 15.9 Å². The molecule has 1 aromatic carbocycles. The molecule has 104 valence electrons. The van der Waals surface area contributed by atoms with Gasteiger partial charge in [-0.15, -0.1) is 11.3 Å². The van der Waals surface area contributed by atoms with Gasteiger partial charge in [-0.05, 0) is 25.1 Å². The lowest BCUT2D eigenvalue weighted by atomic mass is 10.0. The van der Waals surface area contributed by atoms with E-state index in [1.807, 2.05) is 0 Å². The summed E-state index contributed by atoms with van der Waals surface area (Å²) in [6.07, 6.45) is 0. The second-order valence-electron chi connectivity index (χ2n) is 4.63. The van der Waals surface area contributed by atoms with Crippen molar-refractivity contribution in [1.82, 2.24) is 4.98 Å². The molecule has 0 saturated carbocycles. The highest BCUT2D eigenvalue weighted by molar-refractivity contribution is 9.10. The van der Waals surface area contributed by atoms with E-state index in [0.29, 0.717) is 17.0 Å². The summed E-state index contributed by atoms with van der Waals surface area (Å²) in [6.45, 7) is 1.20. The maximum atomic E-state index is 14.7. The first kappa shape index (κ1) is 13.5. The summed E-state index contributed by atoms with van der Waals surface area (Å²) in [5.41, 5.74) is -0.836. The SMILES string of the molecule is CC1(F)COc2ccc(Br)cc2-c2nc(C(=O)O)sc21. The van der Waals surface area contributed by atoms with E-state index in [0.717, 1.165) is 15.8 Å². The highest BCUT2D eigenvalue weighted by Crippen LogP contribution is 2.45. The Morgan fingerprint density at radius 3 is 3.05 bits per heavy atom. The average Bonchev–Trinajstić information content (AvgIpc) is 2.79. The lowest BCUT2D eigenvalue weighted by molar-refractivity contribution is 0.0696. The zero-order valence-corrected chi connectivity index (χ0v) is 12.7. The molecule has 7 heteroatoms. The Bertz CT molecular complexity index is 714. The van der Waals surface area contributed by atoms with Crippen LogP contribution in [-0.2, 0) is 5.67 Å². The lowest BCUT2D eigenvalue weighted by Gasteiger charge is -2.16. The molecule has 0 saturated heterocycles. The van der Waals surface area contributed by atoms with E-state index in [9.17, 15) is 9.18 Å². The normalized spacial score (nSPS) is 20.6. The summed E-state index contributed by atoms with van der Waals surface area (Å²) in [5.74, 6) is -0.658. The molecule has 0 radical (unpaired) electrons. The average molecular weight is 358 g/mol. The van der Waals surface area contributed by atoms with Crippen LogP contribution in [0.15, 0.2) is 22.7 Å². The van der Waals surface area contributed by atoms with E-state index in [-0.39, 0.29) is 16.5 Å². The summed E-state index contributed by atoms with van der Waals surface area (Å²) >= 11 is 4.19. The van der Waals surface area contributed by atoms with Crippen LogP contribution < -0.4 is 4.74 Å². The fourth-order valence-corrected chi connectivity index (χ4v) is 3.34. The number of hydrogen-bond donors (Lipinski definition) is 1. The Kier molecular flexibility index (Phi) is 3.06. The van der Waals surface area contributed by atoms with E-state index in [4.69, 9.17) is 9.84 Å².